The molecule has 0 amide bonds. The average molecular weight is 370 g/mol. The van der Waals surface area contributed by atoms with Gasteiger partial charge in [-0.25, -0.2) is 4.79 Å². The Hall–Kier alpha value is -0.940. The first-order chi connectivity index (χ1) is 9.87. The summed E-state index contributed by atoms with van der Waals surface area (Å²) in [5.41, 5.74) is 2.07. The van der Waals surface area contributed by atoms with Gasteiger partial charge >= 0.3 is 5.97 Å². The van der Waals surface area contributed by atoms with Gasteiger partial charge in [0.15, 0.2) is 0 Å². The van der Waals surface area contributed by atoms with Crippen molar-refractivity contribution < 1.29 is 9.90 Å². The molecule has 1 aromatic rings. The molecule has 0 unspecified atom stereocenters. The Labute approximate surface area is 138 Å². The summed E-state index contributed by atoms with van der Waals surface area (Å²) in [7, 11) is 0. The molecule has 114 valence electrons. The third-order valence-corrected chi connectivity index (χ3v) is 5.65. The van der Waals surface area contributed by atoms with Crippen molar-refractivity contribution in [2.45, 2.75) is 25.0 Å². The molecule has 1 aromatic carbocycles. The number of rotatable bonds is 3. The number of carboxylic acids is 1. The number of benzene rings is 1. The van der Waals surface area contributed by atoms with Crippen LogP contribution in [0.25, 0.3) is 6.08 Å². The molecule has 1 aliphatic heterocycles. The van der Waals surface area contributed by atoms with Crippen LogP contribution < -0.4 is 4.90 Å². The molecule has 2 rings (SSSR count). The highest BCUT2D eigenvalue weighted by molar-refractivity contribution is 9.10. The van der Waals surface area contributed by atoms with Crippen LogP contribution in [0.2, 0.25) is 0 Å². The summed E-state index contributed by atoms with van der Waals surface area (Å²) < 4.78 is 1.27. The number of carbonyl (C=O) groups is 1. The zero-order valence-corrected chi connectivity index (χ0v) is 14.7. The van der Waals surface area contributed by atoms with Gasteiger partial charge in [0.1, 0.15) is 0 Å². The lowest BCUT2D eigenvalue weighted by atomic mass is 10.1. The predicted octanol–water partition coefficient (Wildman–Crippen LogP) is 4.27. The Morgan fingerprint density at radius 1 is 1.43 bits per heavy atom. The molecule has 5 heteroatoms. The van der Waals surface area contributed by atoms with Crippen LogP contribution in [0.3, 0.4) is 0 Å². The molecule has 1 N–H and O–H groups in total. The van der Waals surface area contributed by atoms with Crippen molar-refractivity contribution in [3.8, 4) is 0 Å². The third kappa shape index (κ3) is 4.78. The Morgan fingerprint density at radius 2 is 2.19 bits per heavy atom. The Balaban J connectivity index is 2.14. The first-order valence-electron chi connectivity index (χ1n) is 6.97. The van der Waals surface area contributed by atoms with Gasteiger partial charge in [0.05, 0.1) is 0 Å². The summed E-state index contributed by atoms with van der Waals surface area (Å²) in [6, 6.07) is 6.10. The second-order valence-electron chi connectivity index (χ2n) is 5.72. The maximum absolute atomic E-state index is 10.6. The average Bonchev–Trinajstić information content (AvgIpc) is 2.58. The van der Waals surface area contributed by atoms with E-state index in [2.05, 4.69) is 46.8 Å². The normalized spacial score (nSPS) is 18.7. The van der Waals surface area contributed by atoms with Crippen LogP contribution in [0, 0.1) is 0 Å². The van der Waals surface area contributed by atoms with Crippen LogP contribution in [0.5, 0.6) is 0 Å². The summed E-state index contributed by atoms with van der Waals surface area (Å²) in [5, 5.41) is 8.69. The van der Waals surface area contributed by atoms with Crippen LogP contribution in [0.4, 0.5) is 5.69 Å². The minimum absolute atomic E-state index is 0.343. The first-order valence-corrected chi connectivity index (χ1v) is 8.75. The summed E-state index contributed by atoms with van der Waals surface area (Å²) in [5.74, 6) is 0.198. The maximum atomic E-state index is 10.6. The Morgan fingerprint density at radius 3 is 2.86 bits per heavy atom. The van der Waals surface area contributed by atoms with Gasteiger partial charge in [-0.3, -0.25) is 0 Å². The number of halogens is 1. The fourth-order valence-corrected chi connectivity index (χ4v) is 3.89. The van der Waals surface area contributed by atoms with Gasteiger partial charge in [0.25, 0.3) is 0 Å². The maximum Gasteiger partial charge on any atom is 0.328 e. The van der Waals surface area contributed by atoms with Crippen LogP contribution >= 0.6 is 27.7 Å². The van der Waals surface area contributed by atoms with E-state index in [1.54, 1.807) is 6.08 Å². The number of aliphatic carboxylic acids is 1. The Bertz CT molecular complexity index is 557. The summed E-state index contributed by atoms with van der Waals surface area (Å²) in [6.07, 6.45) is 3.93. The standard InChI is InChI=1S/C16H20BrNO2S/c1-16(2)7-8-18(9-10-21-16)13-5-3-12(14(17)11-13)4-6-15(19)20/h3-6,11H,7-10H2,1-2H3,(H,19,20)/b6-4+. The van der Waals surface area contributed by atoms with Crippen LogP contribution in [0.1, 0.15) is 25.8 Å². The van der Waals surface area contributed by atoms with E-state index in [-0.39, 0.29) is 0 Å². The highest BCUT2D eigenvalue weighted by Crippen LogP contribution is 2.33. The fourth-order valence-electron chi connectivity index (χ4n) is 2.29. The zero-order valence-electron chi connectivity index (χ0n) is 12.3. The van der Waals surface area contributed by atoms with E-state index in [0.29, 0.717) is 4.75 Å². The molecule has 0 atom stereocenters. The minimum Gasteiger partial charge on any atom is -0.478 e. The van der Waals surface area contributed by atoms with E-state index in [1.165, 1.54) is 5.69 Å². The molecule has 0 aliphatic carbocycles. The molecule has 0 aromatic heterocycles. The summed E-state index contributed by atoms with van der Waals surface area (Å²) in [6.45, 7) is 6.70. The highest BCUT2D eigenvalue weighted by Gasteiger charge is 2.23. The van der Waals surface area contributed by atoms with Crippen molar-refractivity contribution in [3.63, 3.8) is 0 Å². The van der Waals surface area contributed by atoms with Crippen LogP contribution in [-0.4, -0.2) is 34.7 Å². The van der Waals surface area contributed by atoms with Crippen molar-refractivity contribution >= 4 is 45.4 Å². The van der Waals surface area contributed by atoms with E-state index in [0.717, 1.165) is 41.4 Å². The predicted molar refractivity (Wildman–Crippen MR) is 94.2 cm³/mol. The summed E-state index contributed by atoms with van der Waals surface area (Å²) >= 11 is 5.56. The van der Waals surface area contributed by atoms with Gasteiger partial charge in [0.2, 0.25) is 0 Å². The molecule has 1 aliphatic rings. The van der Waals surface area contributed by atoms with Crippen LogP contribution in [-0.2, 0) is 4.79 Å². The van der Waals surface area contributed by atoms with Gasteiger partial charge in [-0.15, -0.1) is 0 Å². The number of carboxylic acid groups (broad SMARTS) is 1. The van der Waals surface area contributed by atoms with Crippen molar-refractivity contribution in [3.05, 3.63) is 34.3 Å². The molecule has 0 radical (unpaired) electrons. The van der Waals surface area contributed by atoms with Crippen molar-refractivity contribution in [2.24, 2.45) is 0 Å². The SMILES string of the molecule is CC1(C)CCN(c2ccc(/C=C/C(=O)O)c(Br)c2)CCS1. The van der Waals surface area contributed by atoms with E-state index in [4.69, 9.17) is 5.11 Å². The number of hydrogen-bond acceptors (Lipinski definition) is 3. The number of hydrogen-bond donors (Lipinski definition) is 1. The van der Waals surface area contributed by atoms with Gasteiger partial charge in [0, 0.05) is 39.8 Å². The van der Waals surface area contributed by atoms with Gasteiger partial charge in [-0.2, -0.15) is 11.8 Å². The smallest absolute Gasteiger partial charge is 0.328 e. The van der Waals surface area contributed by atoms with Gasteiger partial charge in [-0.1, -0.05) is 35.8 Å². The summed E-state index contributed by atoms with van der Waals surface area (Å²) in [4.78, 5) is 13.0. The monoisotopic (exact) mass is 369 g/mol. The number of nitrogens with zero attached hydrogens (tertiary/aromatic N) is 1. The molecule has 1 fully saturated rings. The van der Waals surface area contributed by atoms with Crippen molar-refractivity contribution in [1.82, 2.24) is 0 Å². The molecule has 1 saturated heterocycles. The fraction of sp³-hybridized carbons (Fsp3) is 0.438. The van der Waals surface area contributed by atoms with Crippen LogP contribution in [0.15, 0.2) is 28.7 Å². The van der Waals surface area contributed by atoms with Gasteiger partial charge < -0.3 is 10.0 Å². The lowest BCUT2D eigenvalue weighted by Crippen LogP contribution is -2.26. The molecule has 0 spiro atoms. The minimum atomic E-state index is -0.933. The lowest BCUT2D eigenvalue weighted by Gasteiger charge is -2.24. The van der Waals surface area contributed by atoms with Crippen molar-refractivity contribution in [1.29, 1.82) is 0 Å². The van der Waals surface area contributed by atoms with Gasteiger partial charge in [-0.05, 0) is 30.2 Å². The molecular formula is C16H20BrNO2S. The molecule has 3 nitrogen and oxygen atoms in total. The molecule has 0 bridgehead atoms. The first kappa shape index (κ1) is 16.4. The number of thioether (sulfide) groups is 1. The third-order valence-electron chi connectivity index (χ3n) is 3.59. The lowest BCUT2D eigenvalue weighted by molar-refractivity contribution is -0.131. The van der Waals surface area contributed by atoms with Crippen molar-refractivity contribution in [2.75, 3.05) is 23.7 Å². The van der Waals surface area contributed by atoms with E-state index < -0.39 is 5.97 Å². The molecular weight excluding hydrogens is 350 g/mol. The largest absolute Gasteiger partial charge is 0.478 e. The zero-order chi connectivity index (χ0) is 15.5. The number of anilines is 1. The highest BCUT2D eigenvalue weighted by atomic mass is 79.9. The van der Waals surface area contributed by atoms with E-state index in [9.17, 15) is 4.79 Å². The second kappa shape index (κ2) is 6.88. The molecule has 21 heavy (non-hydrogen) atoms. The molecule has 1 heterocycles. The molecule has 0 saturated carbocycles. The second-order valence-corrected chi connectivity index (χ2v) is 8.38. The topological polar surface area (TPSA) is 40.5 Å². The Kier molecular flexibility index (Phi) is 5.38. The van der Waals surface area contributed by atoms with E-state index in [1.807, 2.05) is 17.8 Å². The quantitative estimate of drug-likeness (QED) is 0.807. The van der Waals surface area contributed by atoms with E-state index >= 15 is 0 Å².